The van der Waals surface area contributed by atoms with E-state index in [0.29, 0.717) is 0 Å². The number of hydrogen-bond donors (Lipinski definition) is 0. The number of rotatable bonds is 6. The molecular formula is C13H17N3O2. The van der Waals surface area contributed by atoms with Gasteiger partial charge in [0.25, 0.3) is 0 Å². The predicted molar refractivity (Wildman–Crippen MR) is 66.0 cm³/mol. The molecule has 0 amide bonds. The third-order valence-electron chi connectivity index (χ3n) is 3.54. The fraction of sp³-hybridized carbons (Fsp3) is 0.692. The van der Waals surface area contributed by atoms with Crippen molar-refractivity contribution in [2.24, 2.45) is 0 Å². The first-order valence-electron chi connectivity index (χ1n) is 6.25. The van der Waals surface area contributed by atoms with Crippen LogP contribution in [-0.4, -0.2) is 10.5 Å². The van der Waals surface area contributed by atoms with Gasteiger partial charge in [0, 0.05) is 36.2 Å². The fourth-order valence-electron chi connectivity index (χ4n) is 2.53. The average Bonchev–Trinajstić information content (AvgIpc) is 2.40. The number of nitriles is 2. The van der Waals surface area contributed by atoms with Crippen LogP contribution in [0.2, 0.25) is 0 Å². The van der Waals surface area contributed by atoms with Gasteiger partial charge in [-0.2, -0.15) is 10.5 Å². The lowest BCUT2D eigenvalue weighted by molar-refractivity contribution is -0.561. The van der Waals surface area contributed by atoms with Gasteiger partial charge in [-0.1, -0.05) is 6.08 Å². The maximum atomic E-state index is 11.5. The highest BCUT2D eigenvalue weighted by molar-refractivity contribution is 5.19. The Hall–Kier alpha value is -1.88. The summed E-state index contributed by atoms with van der Waals surface area (Å²) in [6.45, 7) is 0. The van der Waals surface area contributed by atoms with Crippen LogP contribution in [0.1, 0.15) is 51.4 Å². The molecule has 5 nitrogen and oxygen atoms in total. The van der Waals surface area contributed by atoms with Crippen LogP contribution in [0.5, 0.6) is 0 Å². The van der Waals surface area contributed by atoms with Gasteiger partial charge in [0.05, 0.1) is 12.1 Å². The predicted octanol–water partition coefficient (Wildman–Crippen LogP) is 3.11. The van der Waals surface area contributed by atoms with Crippen molar-refractivity contribution in [3.8, 4) is 12.1 Å². The van der Waals surface area contributed by atoms with Gasteiger partial charge in [-0.15, -0.1) is 0 Å². The molecular weight excluding hydrogens is 230 g/mol. The lowest BCUT2D eigenvalue weighted by Crippen LogP contribution is -2.41. The molecule has 0 spiro atoms. The second kappa shape index (κ2) is 6.76. The van der Waals surface area contributed by atoms with Crippen LogP contribution in [0.25, 0.3) is 0 Å². The summed E-state index contributed by atoms with van der Waals surface area (Å²) in [7, 11) is 0. The van der Waals surface area contributed by atoms with Crippen molar-refractivity contribution in [2.45, 2.75) is 56.9 Å². The van der Waals surface area contributed by atoms with Gasteiger partial charge < -0.3 is 0 Å². The maximum absolute atomic E-state index is 11.5. The van der Waals surface area contributed by atoms with Crippen molar-refractivity contribution < 1.29 is 4.92 Å². The molecule has 96 valence electrons. The van der Waals surface area contributed by atoms with E-state index in [0.717, 1.165) is 31.3 Å². The molecule has 1 aliphatic carbocycles. The molecule has 0 unspecified atom stereocenters. The van der Waals surface area contributed by atoms with Crippen LogP contribution in [0.4, 0.5) is 0 Å². The molecule has 0 atom stereocenters. The van der Waals surface area contributed by atoms with E-state index in [-0.39, 0.29) is 30.6 Å². The molecule has 0 aromatic rings. The van der Waals surface area contributed by atoms with Crippen LogP contribution in [0, 0.1) is 32.8 Å². The van der Waals surface area contributed by atoms with Crippen molar-refractivity contribution >= 4 is 0 Å². The molecule has 0 bridgehead atoms. The van der Waals surface area contributed by atoms with Crippen LogP contribution in [-0.2, 0) is 0 Å². The quantitative estimate of drug-likeness (QED) is 0.409. The summed E-state index contributed by atoms with van der Waals surface area (Å²) in [5.74, 6) is 0. The number of nitro groups is 1. The maximum Gasteiger partial charge on any atom is 0.245 e. The number of hydrogen-bond acceptors (Lipinski definition) is 4. The largest absolute Gasteiger partial charge is 0.264 e. The Kier molecular flexibility index (Phi) is 5.32. The molecule has 0 fully saturated rings. The van der Waals surface area contributed by atoms with Gasteiger partial charge in [0.15, 0.2) is 0 Å². The van der Waals surface area contributed by atoms with E-state index in [2.05, 4.69) is 0 Å². The van der Waals surface area contributed by atoms with Crippen molar-refractivity contribution in [3.05, 3.63) is 21.8 Å². The molecule has 5 heteroatoms. The molecule has 1 aliphatic rings. The highest BCUT2D eigenvalue weighted by Gasteiger charge is 2.45. The Morgan fingerprint density at radius 1 is 1.28 bits per heavy atom. The summed E-state index contributed by atoms with van der Waals surface area (Å²) < 4.78 is 0. The van der Waals surface area contributed by atoms with E-state index in [9.17, 15) is 10.1 Å². The Balaban J connectivity index is 3.02. The zero-order valence-corrected chi connectivity index (χ0v) is 10.4. The Morgan fingerprint density at radius 2 is 1.89 bits per heavy atom. The monoisotopic (exact) mass is 247 g/mol. The molecule has 0 radical (unpaired) electrons. The molecule has 0 aliphatic heterocycles. The summed E-state index contributed by atoms with van der Waals surface area (Å²) in [5.41, 5.74) is -0.365. The van der Waals surface area contributed by atoms with Crippen LogP contribution < -0.4 is 0 Å². The first kappa shape index (κ1) is 14.2. The second-order valence-corrected chi connectivity index (χ2v) is 4.58. The van der Waals surface area contributed by atoms with E-state index in [1.54, 1.807) is 0 Å². The van der Waals surface area contributed by atoms with E-state index in [1.165, 1.54) is 0 Å². The highest BCUT2D eigenvalue weighted by atomic mass is 16.6. The lowest BCUT2D eigenvalue weighted by Gasteiger charge is -2.28. The van der Waals surface area contributed by atoms with Crippen molar-refractivity contribution in [2.75, 3.05) is 0 Å². The van der Waals surface area contributed by atoms with E-state index >= 15 is 0 Å². The fourth-order valence-corrected chi connectivity index (χ4v) is 2.53. The minimum absolute atomic E-state index is 0.156. The van der Waals surface area contributed by atoms with Crippen LogP contribution >= 0.6 is 0 Å². The Bertz CT molecular complexity index is 397. The Morgan fingerprint density at radius 3 is 2.28 bits per heavy atom. The molecule has 0 heterocycles. The minimum atomic E-state index is -1.19. The smallest absolute Gasteiger partial charge is 0.245 e. The normalized spacial score (nSPS) is 15.3. The minimum Gasteiger partial charge on any atom is -0.264 e. The Labute approximate surface area is 107 Å². The third kappa shape index (κ3) is 3.07. The molecule has 0 saturated carbocycles. The van der Waals surface area contributed by atoms with E-state index in [1.807, 2.05) is 18.2 Å². The summed E-state index contributed by atoms with van der Waals surface area (Å²) in [4.78, 5) is 11.2. The van der Waals surface area contributed by atoms with Gasteiger partial charge >= 0.3 is 0 Å². The number of allylic oxidation sites excluding steroid dienone is 1. The highest BCUT2D eigenvalue weighted by Crippen LogP contribution is 2.37. The summed E-state index contributed by atoms with van der Waals surface area (Å²) in [6.07, 6.45) is 6.29. The van der Waals surface area contributed by atoms with Crippen molar-refractivity contribution in [1.29, 1.82) is 10.5 Å². The zero-order chi connectivity index (χ0) is 13.4. The molecule has 1 rings (SSSR count). The van der Waals surface area contributed by atoms with Gasteiger partial charge in [0.1, 0.15) is 0 Å². The SMILES string of the molecule is N#CCCC(CCC#N)(C1=CCCCC1)[N+](=O)[O-]. The summed E-state index contributed by atoms with van der Waals surface area (Å²) in [6, 6.07) is 3.96. The molecule has 0 N–H and O–H groups in total. The standard InChI is InChI=1S/C13H17N3O2/c14-10-4-8-13(16(17)18,9-5-11-15)12-6-2-1-3-7-12/h6H,1-5,7-9H2. The zero-order valence-electron chi connectivity index (χ0n) is 10.4. The van der Waals surface area contributed by atoms with Crippen molar-refractivity contribution in [3.63, 3.8) is 0 Å². The summed E-state index contributed by atoms with van der Waals surface area (Å²) >= 11 is 0. The topological polar surface area (TPSA) is 90.7 Å². The molecule has 0 saturated heterocycles. The van der Waals surface area contributed by atoms with Gasteiger partial charge in [-0.25, -0.2) is 0 Å². The molecule has 18 heavy (non-hydrogen) atoms. The second-order valence-electron chi connectivity index (χ2n) is 4.58. The molecule has 0 aromatic heterocycles. The first-order valence-corrected chi connectivity index (χ1v) is 6.25. The third-order valence-corrected chi connectivity index (χ3v) is 3.54. The van der Waals surface area contributed by atoms with Crippen molar-refractivity contribution in [1.82, 2.24) is 0 Å². The van der Waals surface area contributed by atoms with Gasteiger partial charge in [-0.3, -0.25) is 10.1 Å². The number of nitrogens with zero attached hydrogens (tertiary/aromatic N) is 3. The van der Waals surface area contributed by atoms with Gasteiger partial charge in [0.2, 0.25) is 5.54 Å². The average molecular weight is 247 g/mol. The van der Waals surface area contributed by atoms with Crippen LogP contribution in [0.3, 0.4) is 0 Å². The van der Waals surface area contributed by atoms with E-state index < -0.39 is 5.54 Å². The first-order chi connectivity index (χ1) is 8.67. The lowest BCUT2D eigenvalue weighted by atomic mass is 9.77. The van der Waals surface area contributed by atoms with Crippen LogP contribution in [0.15, 0.2) is 11.6 Å². The van der Waals surface area contributed by atoms with E-state index in [4.69, 9.17) is 10.5 Å². The van der Waals surface area contributed by atoms with Gasteiger partial charge in [-0.05, 0) is 25.7 Å². The molecule has 0 aromatic carbocycles. The summed E-state index contributed by atoms with van der Waals surface area (Å²) in [5, 5.41) is 28.8.